The van der Waals surface area contributed by atoms with Gasteiger partial charge in [0.25, 0.3) is 0 Å². The fourth-order valence-corrected chi connectivity index (χ4v) is 2.21. The Balaban J connectivity index is 2.16. The molecule has 9 heteroatoms. The number of aromatic nitrogens is 6. The topological polar surface area (TPSA) is 98.7 Å². The third-order valence-corrected chi connectivity index (χ3v) is 3.23. The van der Waals surface area contributed by atoms with Crippen LogP contribution < -0.4 is 0 Å². The number of hydrogen-bond donors (Lipinski definition) is 1. The number of tetrazole rings is 1. The number of rotatable bonds is 4. The van der Waals surface area contributed by atoms with Crippen LogP contribution in [-0.2, 0) is 19.8 Å². The van der Waals surface area contributed by atoms with Crippen molar-refractivity contribution in [2.24, 2.45) is 14.1 Å². The molecule has 2 aromatic heterocycles. The summed E-state index contributed by atoms with van der Waals surface area (Å²) in [6.07, 6.45) is 1.34. The molecule has 2 heterocycles. The minimum absolute atomic E-state index is 0.204. The molecular weight excluding hydrogens is 244 g/mol. The molecule has 0 spiro atoms. The summed E-state index contributed by atoms with van der Waals surface area (Å²) in [6.45, 7) is 0. The van der Waals surface area contributed by atoms with Gasteiger partial charge in [-0.2, -0.15) is 5.10 Å². The van der Waals surface area contributed by atoms with Gasteiger partial charge in [0.05, 0.1) is 11.9 Å². The second kappa shape index (κ2) is 4.53. The van der Waals surface area contributed by atoms with Crippen molar-refractivity contribution in [1.29, 1.82) is 0 Å². The monoisotopic (exact) mass is 254 g/mol. The second-order valence-electron chi connectivity index (χ2n) is 3.31. The average molecular weight is 254 g/mol. The number of carboxylic acids is 1. The molecule has 2 aromatic rings. The molecule has 0 fully saturated rings. The largest absolute Gasteiger partial charge is 0.478 e. The van der Waals surface area contributed by atoms with Gasteiger partial charge in [-0.25, -0.2) is 9.48 Å². The lowest BCUT2D eigenvalue weighted by Crippen LogP contribution is -2.04. The molecule has 1 N–H and O–H groups in total. The van der Waals surface area contributed by atoms with Gasteiger partial charge >= 0.3 is 5.97 Å². The molecular formula is C8H10N6O2S. The lowest BCUT2D eigenvalue weighted by Gasteiger charge is -2.02. The Morgan fingerprint density at radius 2 is 2.24 bits per heavy atom. The number of hydrogen-bond acceptors (Lipinski definition) is 6. The van der Waals surface area contributed by atoms with Crippen LogP contribution in [0.1, 0.15) is 16.1 Å². The molecule has 17 heavy (non-hydrogen) atoms. The van der Waals surface area contributed by atoms with Crippen molar-refractivity contribution >= 4 is 17.7 Å². The van der Waals surface area contributed by atoms with Crippen molar-refractivity contribution in [3.05, 3.63) is 17.5 Å². The van der Waals surface area contributed by atoms with Crippen LogP contribution in [0.25, 0.3) is 0 Å². The van der Waals surface area contributed by atoms with E-state index < -0.39 is 5.97 Å². The Labute approximate surface area is 101 Å². The van der Waals surface area contributed by atoms with Crippen LogP contribution in [-0.4, -0.2) is 41.1 Å². The Bertz CT molecular complexity index is 548. The Morgan fingerprint density at radius 1 is 1.47 bits per heavy atom. The number of carbonyl (C=O) groups is 1. The molecule has 0 saturated carbocycles. The third-order valence-electron chi connectivity index (χ3n) is 2.21. The molecule has 0 aromatic carbocycles. The quantitative estimate of drug-likeness (QED) is 0.762. The van der Waals surface area contributed by atoms with Gasteiger partial charge in [-0.15, -0.1) is 5.10 Å². The zero-order valence-electron chi connectivity index (χ0n) is 9.23. The van der Waals surface area contributed by atoms with E-state index in [9.17, 15) is 4.79 Å². The summed E-state index contributed by atoms with van der Waals surface area (Å²) in [5, 5.41) is 24.5. The number of carboxylic acid groups (broad SMARTS) is 1. The van der Waals surface area contributed by atoms with E-state index in [1.165, 1.54) is 22.6 Å². The molecule has 2 rings (SSSR count). The molecule has 0 unspecified atom stereocenters. The lowest BCUT2D eigenvalue weighted by molar-refractivity contribution is 0.0696. The molecule has 0 aliphatic carbocycles. The van der Waals surface area contributed by atoms with Crippen molar-refractivity contribution in [2.45, 2.75) is 10.9 Å². The first-order chi connectivity index (χ1) is 8.09. The van der Waals surface area contributed by atoms with Gasteiger partial charge in [0.15, 0.2) is 0 Å². The van der Waals surface area contributed by atoms with E-state index in [-0.39, 0.29) is 5.56 Å². The van der Waals surface area contributed by atoms with Crippen molar-refractivity contribution in [2.75, 3.05) is 0 Å². The van der Waals surface area contributed by atoms with Crippen molar-refractivity contribution in [3.63, 3.8) is 0 Å². The molecule has 0 atom stereocenters. The summed E-state index contributed by atoms with van der Waals surface area (Å²) in [5.41, 5.74) is 0.834. The summed E-state index contributed by atoms with van der Waals surface area (Å²) in [7, 11) is 3.43. The number of aryl methyl sites for hydroxylation is 2. The second-order valence-corrected chi connectivity index (χ2v) is 4.25. The zero-order valence-corrected chi connectivity index (χ0v) is 10.0. The molecule has 8 nitrogen and oxygen atoms in total. The molecule has 0 radical (unpaired) electrons. The van der Waals surface area contributed by atoms with Crippen LogP contribution >= 0.6 is 11.8 Å². The Kier molecular flexibility index (Phi) is 3.09. The van der Waals surface area contributed by atoms with E-state index in [2.05, 4.69) is 20.6 Å². The van der Waals surface area contributed by atoms with Crippen LogP contribution in [0.5, 0.6) is 0 Å². The third kappa shape index (κ3) is 2.28. The number of thioether (sulfide) groups is 1. The maximum Gasteiger partial charge on any atom is 0.339 e. The summed E-state index contributed by atoms with van der Waals surface area (Å²) >= 11 is 1.36. The Morgan fingerprint density at radius 3 is 2.82 bits per heavy atom. The molecule has 0 aliphatic heterocycles. The lowest BCUT2D eigenvalue weighted by atomic mass is 10.3. The van der Waals surface area contributed by atoms with Crippen LogP contribution in [0.2, 0.25) is 0 Å². The van der Waals surface area contributed by atoms with Crippen molar-refractivity contribution < 1.29 is 9.90 Å². The van der Waals surface area contributed by atoms with E-state index >= 15 is 0 Å². The normalized spacial score (nSPS) is 10.7. The average Bonchev–Trinajstić information content (AvgIpc) is 2.82. The molecule has 0 saturated heterocycles. The van der Waals surface area contributed by atoms with Gasteiger partial charge in [0, 0.05) is 19.8 Å². The molecule has 0 amide bonds. The predicted molar refractivity (Wildman–Crippen MR) is 58.5 cm³/mol. The highest BCUT2D eigenvalue weighted by molar-refractivity contribution is 7.98. The zero-order chi connectivity index (χ0) is 12.4. The molecule has 0 aliphatic rings. The highest BCUT2D eigenvalue weighted by Crippen LogP contribution is 2.21. The highest BCUT2D eigenvalue weighted by Gasteiger charge is 2.16. The van der Waals surface area contributed by atoms with E-state index in [1.54, 1.807) is 18.8 Å². The first-order valence-corrected chi connectivity index (χ1v) is 5.67. The highest BCUT2D eigenvalue weighted by atomic mass is 32.2. The van der Waals surface area contributed by atoms with Gasteiger partial charge in [0.2, 0.25) is 5.16 Å². The Hall–Kier alpha value is -1.90. The standard InChI is InChI=1S/C8H10N6O2S/c1-13-6(5(3-9-13)7(15)16)4-17-8-10-11-12-14(8)2/h3H,4H2,1-2H3,(H,15,16). The van der Waals surface area contributed by atoms with Crippen LogP contribution in [0.3, 0.4) is 0 Å². The fourth-order valence-electron chi connectivity index (χ4n) is 1.29. The van der Waals surface area contributed by atoms with E-state index in [0.29, 0.717) is 16.6 Å². The smallest absolute Gasteiger partial charge is 0.339 e. The minimum Gasteiger partial charge on any atom is -0.478 e. The maximum atomic E-state index is 11.0. The fraction of sp³-hybridized carbons (Fsp3) is 0.375. The number of aromatic carboxylic acids is 1. The summed E-state index contributed by atoms with van der Waals surface area (Å²) in [4.78, 5) is 11.0. The van der Waals surface area contributed by atoms with E-state index in [1.807, 2.05) is 0 Å². The van der Waals surface area contributed by atoms with Gasteiger partial charge in [-0.3, -0.25) is 4.68 Å². The SMILES string of the molecule is Cn1nnnc1SCc1c(C(=O)O)cnn1C. The first-order valence-electron chi connectivity index (χ1n) is 4.69. The van der Waals surface area contributed by atoms with Gasteiger partial charge in [-0.05, 0) is 10.4 Å². The van der Waals surface area contributed by atoms with Gasteiger partial charge in [0.1, 0.15) is 5.56 Å². The summed E-state index contributed by atoms with van der Waals surface area (Å²) in [5.74, 6) is -0.531. The first kappa shape index (κ1) is 11.6. The summed E-state index contributed by atoms with van der Waals surface area (Å²) in [6, 6.07) is 0. The van der Waals surface area contributed by atoms with Crippen LogP contribution in [0, 0.1) is 0 Å². The summed E-state index contributed by atoms with van der Waals surface area (Å²) < 4.78 is 3.07. The van der Waals surface area contributed by atoms with Crippen molar-refractivity contribution in [1.82, 2.24) is 30.0 Å². The minimum atomic E-state index is -0.982. The van der Waals surface area contributed by atoms with Crippen LogP contribution in [0.4, 0.5) is 0 Å². The molecule has 0 bridgehead atoms. The van der Waals surface area contributed by atoms with Crippen molar-refractivity contribution in [3.8, 4) is 0 Å². The van der Waals surface area contributed by atoms with Gasteiger partial charge in [-0.1, -0.05) is 11.8 Å². The van der Waals surface area contributed by atoms with E-state index in [0.717, 1.165) is 0 Å². The van der Waals surface area contributed by atoms with Gasteiger partial charge < -0.3 is 5.11 Å². The maximum absolute atomic E-state index is 11.0. The number of nitrogens with zero attached hydrogens (tertiary/aromatic N) is 6. The molecule has 90 valence electrons. The predicted octanol–water partition coefficient (Wildman–Crippen LogP) is -0.0659. The van der Waals surface area contributed by atoms with E-state index in [4.69, 9.17) is 5.11 Å². The van der Waals surface area contributed by atoms with Crippen LogP contribution in [0.15, 0.2) is 11.4 Å².